The number of carboxylic acids is 1. The van der Waals surface area contributed by atoms with Crippen LogP contribution in [0.5, 0.6) is 0 Å². The molecule has 7 heteroatoms. The molecule has 0 radical (unpaired) electrons. The zero-order valence-electron chi connectivity index (χ0n) is 12.1. The van der Waals surface area contributed by atoms with E-state index in [1.54, 1.807) is 0 Å². The van der Waals surface area contributed by atoms with Crippen LogP contribution in [0.2, 0.25) is 0 Å². The van der Waals surface area contributed by atoms with E-state index in [2.05, 4.69) is 22.1 Å². The van der Waals surface area contributed by atoms with Crippen molar-refractivity contribution in [2.75, 3.05) is 17.7 Å². The Kier molecular flexibility index (Phi) is 5.28. The van der Waals surface area contributed by atoms with Crippen LogP contribution in [0.25, 0.3) is 0 Å². The first kappa shape index (κ1) is 15.2. The first-order valence-electron chi connectivity index (χ1n) is 7.06. The van der Waals surface area contributed by atoms with E-state index in [1.807, 2.05) is 11.6 Å². The van der Waals surface area contributed by atoms with Gasteiger partial charge < -0.3 is 10.0 Å². The fourth-order valence-electron chi connectivity index (χ4n) is 2.67. The Hall–Kier alpha value is -1.24. The standard InChI is InChI=1S/C13H22N4O2S/c1-16(10-7-5-3-4-6-8-10)12-14-15-13(17(12)2)20-9-11(18)19/h10H,3-9H2,1-2H3,(H,18,19). The monoisotopic (exact) mass is 298 g/mol. The number of hydrogen-bond acceptors (Lipinski definition) is 5. The summed E-state index contributed by atoms with van der Waals surface area (Å²) in [5.41, 5.74) is 0. The van der Waals surface area contributed by atoms with Crippen molar-refractivity contribution in [2.45, 2.75) is 49.7 Å². The summed E-state index contributed by atoms with van der Waals surface area (Å²) in [6.07, 6.45) is 7.58. The Balaban J connectivity index is 2.05. The van der Waals surface area contributed by atoms with E-state index in [0.717, 1.165) is 5.95 Å². The van der Waals surface area contributed by atoms with Crippen LogP contribution in [0, 0.1) is 0 Å². The molecule has 1 aliphatic carbocycles. The number of thioether (sulfide) groups is 1. The van der Waals surface area contributed by atoms with Crippen LogP contribution in [0.4, 0.5) is 5.95 Å². The molecular weight excluding hydrogens is 276 g/mol. The van der Waals surface area contributed by atoms with E-state index in [9.17, 15) is 4.79 Å². The second-order valence-corrected chi connectivity index (χ2v) is 6.22. The van der Waals surface area contributed by atoms with E-state index < -0.39 is 5.97 Å². The fourth-order valence-corrected chi connectivity index (χ4v) is 3.30. The van der Waals surface area contributed by atoms with Crippen LogP contribution < -0.4 is 4.90 Å². The van der Waals surface area contributed by atoms with Crippen molar-refractivity contribution >= 4 is 23.7 Å². The van der Waals surface area contributed by atoms with Crippen LogP contribution in [0.15, 0.2) is 5.16 Å². The van der Waals surface area contributed by atoms with Crippen molar-refractivity contribution in [2.24, 2.45) is 7.05 Å². The molecular formula is C13H22N4O2S. The van der Waals surface area contributed by atoms with Crippen molar-refractivity contribution in [3.8, 4) is 0 Å². The third-order valence-corrected chi connectivity index (χ3v) is 4.83. The molecule has 1 saturated carbocycles. The quantitative estimate of drug-likeness (QED) is 0.663. The summed E-state index contributed by atoms with van der Waals surface area (Å²) in [7, 11) is 3.96. The predicted molar refractivity (Wildman–Crippen MR) is 79.3 cm³/mol. The minimum atomic E-state index is -0.836. The number of hydrogen-bond donors (Lipinski definition) is 1. The molecule has 0 aromatic carbocycles. The summed E-state index contributed by atoms with van der Waals surface area (Å²) in [5, 5.41) is 17.7. The number of aliphatic carboxylic acids is 1. The van der Waals surface area contributed by atoms with Gasteiger partial charge in [0.05, 0.1) is 5.75 Å². The van der Waals surface area contributed by atoms with Crippen molar-refractivity contribution in [3.05, 3.63) is 0 Å². The maximum Gasteiger partial charge on any atom is 0.313 e. The third-order valence-electron chi connectivity index (χ3n) is 3.82. The Bertz CT molecular complexity index is 455. The Labute approximate surface area is 123 Å². The van der Waals surface area contributed by atoms with Gasteiger partial charge in [-0.3, -0.25) is 9.36 Å². The highest BCUT2D eigenvalue weighted by molar-refractivity contribution is 7.99. The topological polar surface area (TPSA) is 71.2 Å². The molecule has 2 rings (SSSR count). The molecule has 1 fully saturated rings. The highest BCUT2D eigenvalue weighted by atomic mass is 32.2. The molecule has 1 N–H and O–H groups in total. The molecule has 112 valence electrons. The van der Waals surface area contributed by atoms with Gasteiger partial charge in [0.15, 0.2) is 5.16 Å². The number of aromatic nitrogens is 3. The van der Waals surface area contributed by atoms with Gasteiger partial charge in [-0.25, -0.2) is 0 Å². The lowest BCUT2D eigenvalue weighted by atomic mass is 10.1. The average Bonchev–Trinajstić information content (AvgIpc) is 2.64. The van der Waals surface area contributed by atoms with Gasteiger partial charge >= 0.3 is 5.97 Å². The second kappa shape index (κ2) is 6.97. The molecule has 1 heterocycles. The summed E-state index contributed by atoms with van der Waals surface area (Å²) in [6, 6.07) is 0.512. The minimum Gasteiger partial charge on any atom is -0.481 e. The molecule has 0 saturated heterocycles. The number of carbonyl (C=O) groups is 1. The predicted octanol–water partition coefficient (Wildman–Crippen LogP) is 2.15. The summed E-state index contributed by atoms with van der Waals surface area (Å²) in [4.78, 5) is 12.8. The molecule has 1 aromatic heterocycles. The van der Waals surface area contributed by atoms with Gasteiger partial charge in [-0.15, -0.1) is 10.2 Å². The molecule has 6 nitrogen and oxygen atoms in total. The number of nitrogens with zero attached hydrogens (tertiary/aromatic N) is 4. The van der Waals surface area contributed by atoms with E-state index >= 15 is 0 Å². The normalized spacial score (nSPS) is 16.9. The molecule has 0 spiro atoms. The summed E-state index contributed by atoms with van der Waals surface area (Å²) in [5.74, 6) is 0.000476. The van der Waals surface area contributed by atoms with Crippen LogP contribution in [0.1, 0.15) is 38.5 Å². The van der Waals surface area contributed by atoms with E-state index in [0.29, 0.717) is 11.2 Å². The lowest BCUT2D eigenvalue weighted by molar-refractivity contribution is -0.133. The minimum absolute atomic E-state index is 0.0130. The van der Waals surface area contributed by atoms with Gasteiger partial charge in [0.1, 0.15) is 0 Å². The van der Waals surface area contributed by atoms with Gasteiger partial charge in [-0.2, -0.15) is 0 Å². The van der Waals surface area contributed by atoms with Gasteiger partial charge in [-0.05, 0) is 12.8 Å². The van der Waals surface area contributed by atoms with Gasteiger partial charge in [-0.1, -0.05) is 37.4 Å². The molecule has 0 amide bonds. The van der Waals surface area contributed by atoms with Crippen molar-refractivity contribution in [1.29, 1.82) is 0 Å². The number of anilines is 1. The summed E-state index contributed by atoms with van der Waals surface area (Å²) < 4.78 is 1.89. The molecule has 0 atom stereocenters. The molecule has 1 aromatic rings. The first-order valence-corrected chi connectivity index (χ1v) is 8.05. The van der Waals surface area contributed by atoms with Crippen LogP contribution in [-0.2, 0) is 11.8 Å². The molecule has 0 aliphatic heterocycles. The van der Waals surface area contributed by atoms with Crippen molar-refractivity contribution in [1.82, 2.24) is 14.8 Å². The Morgan fingerprint density at radius 2 is 2.00 bits per heavy atom. The smallest absolute Gasteiger partial charge is 0.313 e. The zero-order chi connectivity index (χ0) is 14.5. The van der Waals surface area contributed by atoms with E-state index in [-0.39, 0.29) is 5.75 Å². The second-order valence-electron chi connectivity index (χ2n) is 5.28. The highest BCUT2D eigenvalue weighted by Crippen LogP contribution is 2.26. The molecule has 1 aliphatic rings. The maximum atomic E-state index is 10.6. The van der Waals surface area contributed by atoms with Gasteiger partial charge in [0.25, 0.3) is 0 Å². The lowest BCUT2D eigenvalue weighted by Crippen LogP contribution is -2.33. The van der Waals surface area contributed by atoms with Crippen LogP contribution in [-0.4, -0.2) is 44.7 Å². The third kappa shape index (κ3) is 3.65. The van der Waals surface area contributed by atoms with E-state index in [1.165, 1.54) is 50.3 Å². The van der Waals surface area contributed by atoms with Gasteiger partial charge in [0.2, 0.25) is 5.95 Å². The largest absolute Gasteiger partial charge is 0.481 e. The fraction of sp³-hybridized carbons (Fsp3) is 0.769. The molecule has 20 heavy (non-hydrogen) atoms. The zero-order valence-corrected chi connectivity index (χ0v) is 12.9. The van der Waals surface area contributed by atoms with Crippen LogP contribution >= 0.6 is 11.8 Å². The van der Waals surface area contributed by atoms with Crippen LogP contribution in [0.3, 0.4) is 0 Å². The maximum absolute atomic E-state index is 10.6. The Morgan fingerprint density at radius 3 is 2.60 bits per heavy atom. The molecule has 0 bridgehead atoms. The van der Waals surface area contributed by atoms with Crippen molar-refractivity contribution in [3.63, 3.8) is 0 Å². The average molecular weight is 298 g/mol. The first-order chi connectivity index (χ1) is 9.59. The van der Waals surface area contributed by atoms with E-state index in [4.69, 9.17) is 5.11 Å². The highest BCUT2D eigenvalue weighted by Gasteiger charge is 2.22. The van der Waals surface area contributed by atoms with Crippen molar-refractivity contribution < 1.29 is 9.90 Å². The number of rotatable bonds is 5. The SMILES string of the molecule is CN(c1nnc(SCC(=O)O)n1C)C1CCCCCC1. The summed E-state index contributed by atoms with van der Waals surface area (Å²) >= 11 is 1.21. The Morgan fingerprint density at radius 1 is 1.35 bits per heavy atom. The summed E-state index contributed by atoms with van der Waals surface area (Å²) in [6.45, 7) is 0. The molecule has 0 unspecified atom stereocenters. The van der Waals surface area contributed by atoms with Gasteiger partial charge in [0, 0.05) is 20.1 Å². The number of carboxylic acid groups (broad SMARTS) is 1. The lowest BCUT2D eigenvalue weighted by Gasteiger charge is -2.27.